The molecule has 0 bridgehead atoms. The zero-order valence-corrected chi connectivity index (χ0v) is 25.7. The van der Waals surface area contributed by atoms with E-state index in [0.717, 1.165) is 0 Å². The van der Waals surface area contributed by atoms with E-state index in [9.17, 15) is 0 Å². The van der Waals surface area contributed by atoms with Gasteiger partial charge in [0.2, 0.25) is 0 Å². The van der Waals surface area contributed by atoms with Gasteiger partial charge in [-0.2, -0.15) is 0 Å². The van der Waals surface area contributed by atoms with E-state index in [1.54, 1.807) is 0 Å². The molecule has 8 aromatic rings. The van der Waals surface area contributed by atoms with Crippen molar-refractivity contribution in [1.29, 1.82) is 0 Å². The first kappa shape index (κ1) is 26.4. The predicted octanol–water partition coefficient (Wildman–Crippen LogP) is 12.5. The Labute approximate surface area is 259 Å². The van der Waals surface area contributed by atoms with Crippen LogP contribution in [0.5, 0.6) is 0 Å². The normalized spacial score (nSPS) is 11.6. The summed E-state index contributed by atoms with van der Waals surface area (Å²) < 4.78 is 0. The van der Waals surface area contributed by atoms with Gasteiger partial charge in [0.15, 0.2) is 0 Å². The molecule has 44 heavy (non-hydrogen) atoms. The molecule has 0 spiro atoms. The highest BCUT2D eigenvalue weighted by Crippen LogP contribution is 2.44. The Morgan fingerprint density at radius 1 is 0.295 bits per heavy atom. The molecule has 0 amide bonds. The van der Waals surface area contributed by atoms with Crippen LogP contribution in [0.2, 0.25) is 0 Å². The molecule has 0 radical (unpaired) electrons. The summed E-state index contributed by atoms with van der Waals surface area (Å²) in [5.74, 6) is 0. The third-order valence-corrected chi connectivity index (χ3v) is 9.56. The maximum atomic E-state index is 2.38. The Kier molecular flexibility index (Phi) is 6.13. The molecule has 210 valence electrons. The van der Waals surface area contributed by atoms with Gasteiger partial charge in [-0.3, -0.25) is 0 Å². The summed E-state index contributed by atoms with van der Waals surface area (Å²) in [5, 5.41) is 7.95. The van der Waals surface area contributed by atoms with E-state index in [1.807, 2.05) is 0 Å². The van der Waals surface area contributed by atoms with Crippen LogP contribution in [-0.4, -0.2) is 0 Å². The minimum absolute atomic E-state index is 1.27. The van der Waals surface area contributed by atoms with Crippen LogP contribution in [0, 0.1) is 27.7 Å². The van der Waals surface area contributed by atoms with Gasteiger partial charge in [0.25, 0.3) is 0 Å². The van der Waals surface area contributed by atoms with Crippen molar-refractivity contribution in [3.8, 4) is 44.5 Å². The number of rotatable bonds is 4. The van der Waals surface area contributed by atoms with Crippen LogP contribution in [0.4, 0.5) is 0 Å². The lowest BCUT2D eigenvalue weighted by molar-refractivity contribution is 1.39. The standard InChI is InChI=1S/C44H34/c1-27-25-41(29(3)23-39(27)31-11-7-5-8-12-31)35-19-15-33-18-22-38-36(20-16-34-17-21-37(35)43(33)44(34)38)42-26-28(2)40(24-30(42)4)32-13-9-6-10-14-32/h5-26H,1-4H3. The lowest BCUT2D eigenvalue weighted by Crippen LogP contribution is -1.94. The van der Waals surface area contributed by atoms with Crippen molar-refractivity contribution in [3.05, 3.63) is 156 Å². The molecule has 0 atom stereocenters. The highest BCUT2D eigenvalue weighted by Gasteiger charge is 2.18. The summed E-state index contributed by atoms with van der Waals surface area (Å²) in [4.78, 5) is 0. The van der Waals surface area contributed by atoms with E-state index >= 15 is 0 Å². The van der Waals surface area contributed by atoms with Crippen LogP contribution in [0.25, 0.3) is 76.8 Å². The maximum absolute atomic E-state index is 2.38. The summed E-state index contributed by atoms with van der Waals surface area (Å²) in [6.45, 7) is 8.98. The third kappa shape index (κ3) is 4.13. The van der Waals surface area contributed by atoms with Crippen LogP contribution >= 0.6 is 0 Å². The topological polar surface area (TPSA) is 0 Å². The molecule has 0 heterocycles. The molecule has 0 aliphatic carbocycles. The number of benzene rings is 8. The molecule has 0 aromatic heterocycles. The van der Waals surface area contributed by atoms with Crippen LogP contribution in [0.1, 0.15) is 22.3 Å². The van der Waals surface area contributed by atoms with Gasteiger partial charge in [0, 0.05) is 0 Å². The summed E-state index contributed by atoms with van der Waals surface area (Å²) in [6.07, 6.45) is 0. The smallest absolute Gasteiger partial charge is 0.00203 e. The Bertz CT molecular complexity index is 2170. The second-order valence-corrected chi connectivity index (χ2v) is 12.3. The van der Waals surface area contributed by atoms with Crippen molar-refractivity contribution in [1.82, 2.24) is 0 Å². The molecule has 0 aliphatic rings. The van der Waals surface area contributed by atoms with Crippen molar-refractivity contribution < 1.29 is 0 Å². The first-order chi connectivity index (χ1) is 21.5. The van der Waals surface area contributed by atoms with Crippen LogP contribution in [0.3, 0.4) is 0 Å². The molecule has 0 saturated carbocycles. The van der Waals surface area contributed by atoms with Gasteiger partial charge in [-0.25, -0.2) is 0 Å². The molecule has 0 fully saturated rings. The Balaban J connectivity index is 1.33. The van der Waals surface area contributed by atoms with E-state index in [0.29, 0.717) is 0 Å². The van der Waals surface area contributed by atoms with E-state index < -0.39 is 0 Å². The van der Waals surface area contributed by atoms with Gasteiger partial charge in [0.05, 0.1) is 0 Å². The van der Waals surface area contributed by atoms with E-state index in [-0.39, 0.29) is 0 Å². The zero-order chi connectivity index (χ0) is 29.9. The minimum Gasteiger partial charge on any atom is -0.0622 e. The Morgan fingerprint density at radius 3 is 1.05 bits per heavy atom. The van der Waals surface area contributed by atoms with Gasteiger partial charge in [0.1, 0.15) is 0 Å². The maximum Gasteiger partial charge on any atom is -0.00203 e. The number of aryl methyl sites for hydroxylation is 4. The fourth-order valence-corrected chi connectivity index (χ4v) is 7.34. The average molecular weight is 563 g/mol. The summed E-state index contributed by atoms with van der Waals surface area (Å²) >= 11 is 0. The van der Waals surface area contributed by atoms with Crippen molar-refractivity contribution in [3.63, 3.8) is 0 Å². The predicted molar refractivity (Wildman–Crippen MR) is 191 cm³/mol. The van der Waals surface area contributed by atoms with Crippen molar-refractivity contribution in [2.24, 2.45) is 0 Å². The fourth-order valence-electron chi connectivity index (χ4n) is 7.34. The summed E-state index contributed by atoms with van der Waals surface area (Å²) in [5.41, 5.74) is 15.6. The van der Waals surface area contributed by atoms with Crippen LogP contribution < -0.4 is 0 Å². The second-order valence-electron chi connectivity index (χ2n) is 12.3. The highest BCUT2D eigenvalue weighted by atomic mass is 14.2. The number of hydrogen-bond donors (Lipinski definition) is 0. The second kappa shape index (κ2) is 10.2. The van der Waals surface area contributed by atoms with Crippen molar-refractivity contribution in [2.45, 2.75) is 27.7 Å². The molecular weight excluding hydrogens is 528 g/mol. The third-order valence-electron chi connectivity index (χ3n) is 9.56. The largest absolute Gasteiger partial charge is 0.0622 e. The van der Waals surface area contributed by atoms with Crippen LogP contribution in [0.15, 0.2) is 133 Å². The molecule has 0 heteroatoms. The zero-order valence-electron chi connectivity index (χ0n) is 25.7. The molecule has 0 N–H and O–H groups in total. The molecule has 0 nitrogen and oxygen atoms in total. The lowest BCUT2D eigenvalue weighted by Gasteiger charge is -2.19. The van der Waals surface area contributed by atoms with E-state index in [1.165, 1.54) is 99.1 Å². The monoisotopic (exact) mass is 562 g/mol. The average Bonchev–Trinajstić information content (AvgIpc) is 3.06. The first-order valence-electron chi connectivity index (χ1n) is 15.5. The lowest BCUT2D eigenvalue weighted by atomic mass is 9.84. The van der Waals surface area contributed by atoms with Crippen LogP contribution in [-0.2, 0) is 0 Å². The Hall–Kier alpha value is -5.20. The SMILES string of the molecule is Cc1cc(-c2ccc3ccc4c(-c5cc(C)c(-c6ccccc6)cc5C)ccc5ccc2c3c54)c(C)cc1-c1ccccc1. The molecule has 0 saturated heterocycles. The minimum atomic E-state index is 1.27. The van der Waals surface area contributed by atoms with Crippen molar-refractivity contribution >= 4 is 32.3 Å². The van der Waals surface area contributed by atoms with E-state index in [2.05, 4.69) is 161 Å². The van der Waals surface area contributed by atoms with Gasteiger partial charge >= 0.3 is 0 Å². The quantitative estimate of drug-likeness (QED) is 0.187. The van der Waals surface area contributed by atoms with Crippen molar-refractivity contribution in [2.75, 3.05) is 0 Å². The number of hydrogen-bond acceptors (Lipinski definition) is 0. The molecule has 0 aliphatic heterocycles. The van der Waals surface area contributed by atoms with Gasteiger partial charge in [-0.05, 0) is 127 Å². The fraction of sp³-hybridized carbons (Fsp3) is 0.0909. The highest BCUT2D eigenvalue weighted by molar-refractivity contribution is 6.27. The molecule has 8 rings (SSSR count). The van der Waals surface area contributed by atoms with Gasteiger partial charge in [-0.1, -0.05) is 133 Å². The van der Waals surface area contributed by atoms with Gasteiger partial charge < -0.3 is 0 Å². The summed E-state index contributed by atoms with van der Waals surface area (Å²) in [7, 11) is 0. The van der Waals surface area contributed by atoms with E-state index in [4.69, 9.17) is 0 Å². The molecular formula is C44H34. The molecule has 8 aromatic carbocycles. The molecule has 0 unspecified atom stereocenters. The Morgan fingerprint density at radius 2 is 0.636 bits per heavy atom. The first-order valence-corrected chi connectivity index (χ1v) is 15.5. The summed E-state index contributed by atoms with van der Waals surface area (Å²) in [6, 6.07) is 49.5. The van der Waals surface area contributed by atoms with Gasteiger partial charge in [-0.15, -0.1) is 0 Å².